The van der Waals surface area contributed by atoms with Crippen molar-refractivity contribution in [2.45, 2.75) is 67.4 Å². The van der Waals surface area contributed by atoms with Gasteiger partial charge in [0.25, 0.3) is 0 Å². The Kier molecular flexibility index (Phi) is 53.2. The van der Waals surface area contributed by atoms with Crippen molar-refractivity contribution >= 4 is 85.7 Å². The van der Waals surface area contributed by atoms with E-state index in [-0.39, 0.29) is 11.6 Å². The third-order valence-electron chi connectivity index (χ3n) is 2.75. The second kappa shape index (κ2) is 40.5. The Morgan fingerprint density at radius 3 is 1.08 bits per heavy atom. The number of halogens is 3. The van der Waals surface area contributed by atoms with Crippen LogP contribution in [0.2, 0.25) is 0 Å². The molecule has 0 aliphatic carbocycles. The number of ether oxygens (including phenoxy) is 1. The van der Waals surface area contributed by atoms with Crippen LogP contribution >= 0.6 is 67.8 Å². The first-order chi connectivity index (χ1) is 18.0. The fourth-order valence-corrected chi connectivity index (χ4v) is 1.58. The van der Waals surface area contributed by atoms with Crippen LogP contribution in [0.1, 0.15) is 82.5 Å². The maximum atomic E-state index is 10.6. The Bertz CT molecular complexity index is 692. The lowest BCUT2D eigenvalue weighted by molar-refractivity contribution is -0.154. The lowest BCUT2D eigenvalue weighted by Crippen LogP contribution is -2.23. The molecule has 0 heterocycles. The normalized spacial score (nSPS) is 7.95. The van der Waals surface area contributed by atoms with E-state index in [0.717, 1.165) is 0 Å². The van der Waals surface area contributed by atoms with Gasteiger partial charge in [-0.05, 0) is 57.0 Å². The lowest BCUT2D eigenvalue weighted by Gasteiger charge is -2.18. The number of hydrogen-bond acceptors (Lipinski definition) is 5. The predicted molar refractivity (Wildman–Crippen MR) is 189 cm³/mol. The first kappa shape index (κ1) is 49.9. The van der Waals surface area contributed by atoms with Crippen molar-refractivity contribution in [3.63, 3.8) is 0 Å². The molecule has 0 unspecified atom stereocenters. The number of carbonyl (C=O) groups excluding carboxylic acids is 1. The van der Waals surface area contributed by atoms with Gasteiger partial charge < -0.3 is 20.7 Å². The molecule has 0 bridgehead atoms. The van der Waals surface area contributed by atoms with Gasteiger partial charge in [0.2, 0.25) is 0 Å². The molecule has 222 valence electrons. The summed E-state index contributed by atoms with van der Waals surface area (Å²) < 4.78 is 6.14. The number of carbonyl (C=O) groups is 3. The van der Waals surface area contributed by atoms with E-state index in [4.69, 9.17) is 14.9 Å². The van der Waals surface area contributed by atoms with E-state index in [1.54, 1.807) is 67.6 Å². The largest absolute Gasteiger partial charge is 0.478 e. The number of carboxylic acid groups (broad SMARTS) is 2. The highest BCUT2D eigenvalue weighted by molar-refractivity contribution is 14.2. The van der Waals surface area contributed by atoms with Gasteiger partial charge in [-0.2, -0.15) is 0 Å². The molecule has 0 aromatic heterocycles. The summed E-state index contributed by atoms with van der Waals surface area (Å²) in [5, 5.41) is 16.8. The van der Waals surface area contributed by atoms with E-state index in [1.165, 1.54) is 9.48 Å². The molecular formula is C28H48I3NO6. The van der Waals surface area contributed by atoms with Gasteiger partial charge in [0.15, 0.2) is 0 Å². The molecule has 0 saturated carbocycles. The van der Waals surface area contributed by atoms with Crippen LogP contribution < -0.4 is 5.73 Å². The van der Waals surface area contributed by atoms with Crippen LogP contribution in [0.25, 0.3) is 0 Å². The molecule has 0 aliphatic heterocycles. The van der Waals surface area contributed by atoms with Gasteiger partial charge in [0.1, 0.15) is 5.60 Å². The third-order valence-corrected chi connectivity index (χ3v) is 2.75. The summed E-state index contributed by atoms with van der Waals surface area (Å²) in [5.41, 5.74) is 4.84. The Labute approximate surface area is 272 Å². The van der Waals surface area contributed by atoms with Crippen molar-refractivity contribution in [1.82, 2.24) is 0 Å². The van der Waals surface area contributed by atoms with Gasteiger partial charge in [0, 0.05) is 6.42 Å². The van der Waals surface area contributed by atoms with Crippen molar-refractivity contribution in [2.75, 3.05) is 14.4 Å². The van der Waals surface area contributed by atoms with Crippen LogP contribution in [0.5, 0.6) is 0 Å². The topological polar surface area (TPSA) is 127 Å². The fourth-order valence-electron chi connectivity index (χ4n) is 1.58. The van der Waals surface area contributed by atoms with Crippen molar-refractivity contribution in [2.24, 2.45) is 5.73 Å². The third kappa shape index (κ3) is 45.0. The second-order valence-corrected chi connectivity index (χ2v) is 10.8. The summed E-state index contributed by atoms with van der Waals surface area (Å²) >= 11 is 6.70. The number of esters is 1. The highest BCUT2D eigenvalue weighted by Crippen LogP contribution is 2.07. The van der Waals surface area contributed by atoms with E-state index in [1.807, 2.05) is 53.4 Å². The molecule has 10 heteroatoms. The molecule has 0 saturated heterocycles. The van der Waals surface area contributed by atoms with Gasteiger partial charge >= 0.3 is 17.9 Å². The Morgan fingerprint density at radius 2 is 0.974 bits per heavy atom. The molecule has 0 fully saturated rings. The van der Waals surface area contributed by atoms with Crippen LogP contribution in [0.15, 0.2) is 60.7 Å². The first-order valence-electron chi connectivity index (χ1n) is 11.8. The number of hydrogen-bond donors (Lipinski definition) is 3. The molecule has 0 spiro atoms. The maximum absolute atomic E-state index is 10.6. The quantitative estimate of drug-likeness (QED) is 0.160. The number of aromatic carboxylic acids is 2. The molecule has 2 aromatic rings. The predicted octanol–water partition coefficient (Wildman–Crippen LogP) is 9.00. The zero-order chi connectivity index (χ0) is 31.6. The van der Waals surface area contributed by atoms with Gasteiger partial charge in [-0.1, -0.05) is 139 Å². The van der Waals surface area contributed by atoms with E-state index < -0.39 is 11.9 Å². The smallest absolute Gasteiger partial charge is 0.335 e. The SMILES string of the molecule is CC.CC.CCC(=O)OC(C)(C)C.CI.CN.ICI.O=C(O)c1ccccc1.O=C(O)c1ccccc1. The number of benzene rings is 2. The zero-order valence-electron chi connectivity index (χ0n) is 24.4. The minimum absolute atomic E-state index is 0.137. The molecule has 2 aromatic carbocycles. The molecule has 38 heavy (non-hydrogen) atoms. The maximum Gasteiger partial charge on any atom is 0.335 e. The van der Waals surface area contributed by atoms with Crippen LogP contribution in [0, 0.1) is 0 Å². The van der Waals surface area contributed by atoms with Crippen LogP contribution in [-0.2, 0) is 9.53 Å². The summed E-state index contributed by atoms with van der Waals surface area (Å²) in [6, 6.07) is 16.6. The minimum Gasteiger partial charge on any atom is -0.478 e. The van der Waals surface area contributed by atoms with Gasteiger partial charge in [-0.15, -0.1) is 0 Å². The highest BCUT2D eigenvalue weighted by Gasteiger charge is 2.13. The molecule has 4 N–H and O–H groups in total. The van der Waals surface area contributed by atoms with E-state index in [2.05, 4.69) is 73.5 Å². The molecule has 2 rings (SSSR count). The number of carboxylic acids is 2. The molecule has 0 radical (unpaired) electrons. The number of nitrogens with two attached hydrogens (primary N) is 1. The summed E-state index contributed by atoms with van der Waals surface area (Å²) in [4.78, 5) is 33.0. The lowest BCUT2D eigenvalue weighted by atomic mass is 10.2. The average molecular weight is 875 g/mol. The van der Waals surface area contributed by atoms with Crippen molar-refractivity contribution < 1.29 is 29.3 Å². The fraction of sp³-hybridized carbons (Fsp3) is 0.464. The van der Waals surface area contributed by atoms with Gasteiger partial charge in [0.05, 0.1) is 13.6 Å². The molecule has 0 aliphatic rings. The van der Waals surface area contributed by atoms with Gasteiger partial charge in [-0.25, -0.2) is 9.59 Å². The minimum atomic E-state index is -0.879. The molecular weight excluding hydrogens is 827 g/mol. The average Bonchev–Trinajstić information content (AvgIpc) is 2.94. The summed E-state index contributed by atoms with van der Waals surface area (Å²) in [7, 11) is 1.50. The van der Waals surface area contributed by atoms with E-state index in [0.29, 0.717) is 17.5 Å². The highest BCUT2D eigenvalue weighted by atomic mass is 127. The van der Waals surface area contributed by atoms with Crippen LogP contribution in [0.3, 0.4) is 0 Å². The molecule has 7 nitrogen and oxygen atoms in total. The van der Waals surface area contributed by atoms with Crippen molar-refractivity contribution in [3.8, 4) is 0 Å². The summed E-state index contributed by atoms with van der Waals surface area (Å²) in [6.07, 6.45) is 0.456. The Hall–Kier alpha value is -1.00. The molecule has 0 atom stereocenters. The molecule has 0 amide bonds. The standard InChI is InChI=1S/2C7H6O2.C7H14O2.2C2H6.CH2I2.CH3I.CH5N/c2*8-7(9)6-4-2-1-3-5-6;1-5-6(8)9-7(2,3)4;2*1-2;2-1-3;2*1-2/h2*1-5H,(H,8,9);5H2,1-4H3;2*1-2H3;1H2;1H3;2H2,1H3. The summed E-state index contributed by atoms with van der Waals surface area (Å²) in [5.74, 6) is -1.89. The summed E-state index contributed by atoms with van der Waals surface area (Å²) in [6.45, 7) is 15.4. The number of alkyl halides is 3. The van der Waals surface area contributed by atoms with E-state index in [9.17, 15) is 14.4 Å². The first-order valence-corrected chi connectivity index (χ1v) is 17.0. The van der Waals surface area contributed by atoms with Crippen molar-refractivity contribution in [1.29, 1.82) is 0 Å². The Morgan fingerprint density at radius 1 is 0.737 bits per heavy atom. The van der Waals surface area contributed by atoms with Crippen LogP contribution in [-0.4, -0.2) is 48.1 Å². The zero-order valence-corrected chi connectivity index (χ0v) is 30.9. The van der Waals surface area contributed by atoms with Gasteiger partial charge in [-0.3, -0.25) is 4.79 Å². The van der Waals surface area contributed by atoms with Crippen LogP contribution in [0.4, 0.5) is 0 Å². The van der Waals surface area contributed by atoms with E-state index >= 15 is 0 Å². The number of rotatable bonds is 3. The van der Waals surface area contributed by atoms with Crippen molar-refractivity contribution in [3.05, 3.63) is 71.8 Å². The Balaban J connectivity index is -0.0000000852. The monoisotopic (exact) mass is 875 g/mol. The second-order valence-electron chi connectivity index (χ2n) is 6.38.